The maximum absolute atomic E-state index is 12.2. The van der Waals surface area contributed by atoms with Crippen LogP contribution in [0.5, 0.6) is 11.5 Å². The van der Waals surface area contributed by atoms with Crippen molar-refractivity contribution >= 4 is 5.91 Å². The van der Waals surface area contributed by atoms with Crippen LogP contribution >= 0.6 is 0 Å². The van der Waals surface area contributed by atoms with Crippen LogP contribution in [0.3, 0.4) is 0 Å². The van der Waals surface area contributed by atoms with Crippen LogP contribution in [0, 0.1) is 5.92 Å². The van der Waals surface area contributed by atoms with E-state index in [1.54, 1.807) is 18.2 Å². The van der Waals surface area contributed by atoms with Crippen molar-refractivity contribution in [1.82, 2.24) is 10.6 Å². The molecule has 0 saturated carbocycles. The molecule has 1 heterocycles. The van der Waals surface area contributed by atoms with Gasteiger partial charge in [0.1, 0.15) is 0 Å². The van der Waals surface area contributed by atoms with E-state index in [9.17, 15) is 9.90 Å². The van der Waals surface area contributed by atoms with Gasteiger partial charge in [-0.15, -0.1) is 0 Å². The van der Waals surface area contributed by atoms with Gasteiger partial charge >= 0.3 is 0 Å². The van der Waals surface area contributed by atoms with E-state index < -0.39 is 0 Å². The number of methoxy groups -OCH3 is 1. The van der Waals surface area contributed by atoms with Gasteiger partial charge < -0.3 is 20.5 Å². The summed E-state index contributed by atoms with van der Waals surface area (Å²) in [6, 6.07) is 5.02. The topological polar surface area (TPSA) is 70.6 Å². The predicted octanol–water partition coefficient (Wildman–Crippen LogP) is 1.52. The second-order valence-corrected chi connectivity index (χ2v) is 5.21. The van der Waals surface area contributed by atoms with Crippen LogP contribution in [-0.4, -0.2) is 37.3 Å². The van der Waals surface area contributed by atoms with Crippen molar-refractivity contribution < 1.29 is 14.6 Å². The van der Waals surface area contributed by atoms with Gasteiger partial charge in [0.2, 0.25) is 0 Å². The number of hydrogen-bond donors (Lipinski definition) is 3. The molecule has 5 heteroatoms. The van der Waals surface area contributed by atoms with Crippen molar-refractivity contribution in [2.24, 2.45) is 5.92 Å². The largest absolute Gasteiger partial charge is 0.504 e. The minimum Gasteiger partial charge on any atom is -0.504 e. The fourth-order valence-electron chi connectivity index (χ4n) is 2.62. The smallest absolute Gasteiger partial charge is 0.255 e. The van der Waals surface area contributed by atoms with Gasteiger partial charge in [-0.1, -0.05) is 6.07 Å². The molecule has 20 heavy (non-hydrogen) atoms. The molecular formula is C15H22N2O3. The highest BCUT2D eigenvalue weighted by Gasteiger charge is 2.23. The highest BCUT2D eigenvalue weighted by Crippen LogP contribution is 2.29. The van der Waals surface area contributed by atoms with Crippen LogP contribution in [0.1, 0.15) is 30.1 Å². The lowest BCUT2D eigenvalue weighted by molar-refractivity contribution is 0.0917. The molecule has 0 bridgehead atoms. The summed E-state index contributed by atoms with van der Waals surface area (Å²) in [5.41, 5.74) is 0.255. The third kappa shape index (κ3) is 3.22. The van der Waals surface area contributed by atoms with E-state index in [1.165, 1.54) is 7.11 Å². The van der Waals surface area contributed by atoms with E-state index in [-0.39, 0.29) is 23.3 Å². The van der Waals surface area contributed by atoms with Crippen molar-refractivity contribution in [3.63, 3.8) is 0 Å². The lowest BCUT2D eigenvalue weighted by atomic mass is 9.91. The summed E-state index contributed by atoms with van der Waals surface area (Å²) in [4.78, 5) is 12.2. The number of amides is 1. The van der Waals surface area contributed by atoms with Crippen molar-refractivity contribution in [2.45, 2.75) is 25.8 Å². The molecule has 1 amide bonds. The van der Waals surface area contributed by atoms with Crippen LogP contribution in [0.4, 0.5) is 0 Å². The van der Waals surface area contributed by atoms with E-state index in [2.05, 4.69) is 10.6 Å². The molecule has 1 saturated heterocycles. The summed E-state index contributed by atoms with van der Waals surface area (Å²) in [5, 5.41) is 16.3. The normalized spacial score (nSPS) is 17.5. The summed E-state index contributed by atoms with van der Waals surface area (Å²) in [5.74, 6) is 0.428. The van der Waals surface area contributed by atoms with Crippen LogP contribution in [0.15, 0.2) is 18.2 Å². The predicted molar refractivity (Wildman–Crippen MR) is 77.2 cm³/mol. The van der Waals surface area contributed by atoms with Crippen molar-refractivity contribution in [2.75, 3.05) is 20.2 Å². The Morgan fingerprint density at radius 2 is 2.15 bits per heavy atom. The van der Waals surface area contributed by atoms with Crippen LogP contribution in [-0.2, 0) is 0 Å². The Kier molecular flexibility index (Phi) is 4.84. The fraction of sp³-hybridized carbons (Fsp3) is 0.533. The highest BCUT2D eigenvalue weighted by molar-refractivity contribution is 5.97. The Bertz CT molecular complexity index is 470. The number of aromatic hydroxyl groups is 1. The molecule has 5 nitrogen and oxygen atoms in total. The lowest BCUT2D eigenvalue weighted by Gasteiger charge is -2.28. The second-order valence-electron chi connectivity index (χ2n) is 5.21. The van der Waals surface area contributed by atoms with Gasteiger partial charge in [-0.05, 0) is 50.9 Å². The summed E-state index contributed by atoms with van der Waals surface area (Å²) in [7, 11) is 1.47. The van der Waals surface area contributed by atoms with Gasteiger partial charge in [-0.2, -0.15) is 0 Å². The average molecular weight is 278 g/mol. The summed E-state index contributed by atoms with van der Waals surface area (Å²) in [6.07, 6.45) is 2.12. The zero-order valence-electron chi connectivity index (χ0n) is 12.0. The number of carbonyl (C=O) groups excluding carboxylic acids is 1. The molecule has 3 N–H and O–H groups in total. The summed E-state index contributed by atoms with van der Waals surface area (Å²) < 4.78 is 5.02. The molecule has 0 aromatic heterocycles. The zero-order valence-corrected chi connectivity index (χ0v) is 12.0. The monoisotopic (exact) mass is 278 g/mol. The molecule has 1 aliphatic rings. The second kappa shape index (κ2) is 6.61. The average Bonchev–Trinajstić information content (AvgIpc) is 2.48. The van der Waals surface area contributed by atoms with Crippen molar-refractivity contribution in [1.29, 1.82) is 0 Å². The van der Waals surface area contributed by atoms with Crippen molar-refractivity contribution in [3.05, 3.63) is 23.8 Å². The van der Waals surface area contributed by atoms with Crippen LogP contribution < -0.4 is 15.4 Å². The Labute approximate surface area is 119 Å². The molecule has 1 unspecified atom stereocenters. The van der Waals surface area contributed by atoms with E-state index in [4.69, 9.17) is 4.74 Å². The molecule has 1 fully saturated rings. The number of benzene rings is 1. The Morgan fingerprint density at radius 3 is 2.80 bits per heavy atom. The number of phenols is 1. The van der Waals surface area contributed by atoms with Crippen LogP contribution in [0.2, 0.25) is 0 Å². The number of hydrogen-bond acceptors (Lipinski definition) is 4. The number of piperidine rings is 1. The number of rotatable bonds is 4. The molecule has 1 aliphatic heterocycles. The Morgan fingerprint density at radius 1 is 1.45 bits per heavy atom. The summed E-state index contributed by atoms with van der Waals surface area (Å²) in [6.45, 7) is 4.01. The first-order chi connectivity index (χ1) is 9.63. The molecule has 110 valence electrons. The highest BCUT2D eigenvalue weighted by atomic mass is 16.5. The SMILES string of the molecule is COc1cccc(C(=O)NC(C)C2CCNCC2)c1O. The third-order valence-corrected chi connectivity index (χ3v) is 3.91. The third-order valence-electron chi connectivity index (χ3n) is 3.91. The number of nitrogens with one attached hydrogen (secondary N) is 2. The van der Waals surface area contributed by atoms with Gasteiger partial charge in [0.05, 0.1) is 12.7 Å². The van der Waals surface area contributed by atoms with Gasteiger partial charge in [-0.25, -0.2) is 0 Å². The quantitative estimate of drug-likeness (QED) is 0.781. The van der Waals surface area contributed by atoms with Gasteiger partial charge in [0, 0.05) is 6.04 Å². The Balaban J connectivity index is 2.04. The van der Waals surface area contributed by atoms with E-state index in [0.717, 1.165) is 25.9 Å². The summed E-state index contributed by atoms with van der Waals surface area (Å²) >= 11 is 0. The van der Waals surface area contributed by atoms with Crippen LogP contribution in [0.25, 0.3) is 0 Å². The molecule has 1 aromatic rings. The number of para-hydroxylation sites is 1. The minimum absolute atomic E-state index is 0.0928. The first-order valence-corrected chi connectivity index (χ1v) is 7.01. The number of carbonyl (C=O) groups is 1. The molecule has 0 spiro atoms. The fourth-order valence-corrected chi connectivity index (χ4v) is 2.62. The standard InChI is InChI=1S/C15H22N2O3/c1-10(11-6-8-16-9-7-11)17-15(19)12-4-3-5-13(20-2)14(12)18/h3-5,10-11,16,18H,6-9H2,1-2H3,(H,17,19). The molecule has 0 aliphatic carbocycles. The van der Waals surface area contributed by atoms with Gasteiger partial charge in [0.25, 0.3) is 5.91 Å². The van der Waals surface area contributed by atoms with Gasteiger partial charge in [0.15, 0.2) is 11.5 Å². The molecule has 2 rings (SSSR count). The molecule has 0 radical (unpaired) electrons. The first kappa shape index (κ1) is 14.7. The first-order valence-electron chi connectivity index (χ1n) is 7.01. The molecule has 1 atom stereocenters. The van der Waals surface area contributed by atoms with Gasteiger partial charge in [-0.3, -0.25) is 4.79 Å². The maximum Gasteiger partial charge on any atom is 0.255 e. The lowest BCUT2D eigenvalue weighted by Crippen LogP contribution is -2.42. The van der Waals surface area contributed by atoms with E-state index in [0.29, 0.717) is 11.7 Å². The van der Waals surface area contributed by atoms with Crippen molar-refractivity contribution in [3.8, 4) is 11.5 Å². The Hall–Kier alpha value is -1.75. The number of ether oxygens (including phenoxy) is 1. The molecular weight excluding hydrogens is 256 g/mol. The molecule has 1 aromatic carbocycles. The number of phenolic OH excluding ortho intramolecular Hbond substituents is 1. The van der Waals surface area contributed by atoms with E-state index in [1.807, 2.05) is 6.92 Å². The maximum atomic E-state index is 12.2. The minimum atomic E-state index is -0.257. The van der Waals surface area contributed by atoms with E-state index >= 15 is 0 Å². The zero-order chi connectivity index (χ0) is 14.5.